The van der Waals surface area contributed by atoms with E-state index in [1.54, 1.807) is 6.92 Å². The minimum Gasteiger partial charge on any atom is -0.480 e. The largest absolute Gasteiger partial charge is 0.480 e. The molecule has 1 aromatic rings. The molecule has 1 unspecified atom stereocenters. The summed E-state index contributed by atoms with van der Waals surface area (Å²) in [5.41, 5.74) is 6.86. The smallest absolute Gasteiger partial charge is 0.323 e. The molecule has 15 heavy (non-hydrogen) atoms. The molecule has 3 N–H and O–H groups in total. The van der Waals surface area contributed by atoms with Crippen LogP contribution in [0.2, 0.25) is 0 Å². The van der Waals surface area contributed by atoms with Gasteiger partial charge in [-0.25, -0.2) is 0 Å². The Balaban J connectivity index is 2.66. The van der Waals surface area contributed by atoms with Crippen molar-refractivity contribution in [2.24, 2.45) is 5.73 Å². The van der Waals surface area contributed by atoms with Crippen LogP contribution in [0.25, 0.3) is 0 Å². The molecular formula is C12H17NO2. The normalized spacial score (nSPS) is 14.6. The summed E-state index contributed by atoms with van der Waals surface area (Å²) in [4.78, 5) is 10.8. The molecule has 0 aromatic heterocycles. The number of hydrogen-bond donors (Lipinski definition) is 2. The molecule has 0 spiro atoms. The second kappa shape index (κ2) is 4.45. The summed E-state index contributed by atoms with van der Waals surface area (Å²) in [7, 11) is 0. The summed E-state index contributed by atoms with van der Waals surface area (Å²) >= 11 is 0. The van der Waals surface area contributed by atoms with E-state index in [1.165, 1.54) is 5.56 Å². The van der Waals surface area contributed by atoms with Gasteiger partial charge in [0.2, 0.25) is 0 Å². The second-order valence-electron chi connectivity index (χ2n) is 4.15. The Kier molecular flexibility index (Phi) is 3.48. The number of aliphatic carboxylic acids is 1. The third kappa shape index (κ3) is 3.06. The van der Waals surface area contributed by atoms with Gasteiger partial charge in [-0.2, -0.15) is 0 Å². The molecular weight excluding hydrogens is 190 g/mol. The van der Waals surface area contributed by atoms with Gasteiger partial charge in [0, 0.05) is 0 Å². The summed E-state index contributed by atoms with van der Waals surface area (Å²) in [6, 6.07) is 7.95. The molecule has 0 aliphatic carbocycles. The fourth-order valence-corrected chi connectivity index (χ4v) is 1.39. The number of aryl methyl sites for hydroxylation is 2. The van der Waals surface area contributed by atoms with Crippen LogP contribution in [0.1, 0.15) is 24.5 Å². The van der Waals surface area contributed by atoms with Gasteiger partial charge in [-0.1, -0.05) is 24.3 Å². The Morgan fingerprint density at radius 3 is 2.60 bits per heavy atom. The number of carboxylic acid groups (broad SMARTS) is 1. The Hall–Kier alpha value is -1.35. The van der Waals surface area contributed by atoms with E-state index in [0.29, 0.717) is 12.8 Å². The number of carbonyl (C=O) groups is 1. The van der Waals surface area contributed by atoms with E-state index in [0.717, 1.165) is 5.56 Å². The van der Waals surface area contributed by atoms with Crippen LogP contribution in [0.3, 0.4) is 0 Å². The van der Waals surface area contributed by atoms with E-state index in [2.05, 4.69) is 0 Å². The summed E-state index contributed by atoms with van der Waals surface area (Å²) in [5, 5.41) is 8.86. The van der Waals surface area contributed by atoms with Crippen LogP contribution >= 0.6 is 0 Å². The van der Waals surface area contributed by atoms with Crippen molar-refractivity contribution >= 4 is 5.97 Å². The molecule has 0 bridgehead atoms. The molecule has 82 valence electrons. The summed E-state index contributed by atoms with van der Waals surface area (Å²) in [5.74, 6) is -0.948. The monoisotopic (exact) mass is 207 g/mol. The molecule has 0 aliphatic rings. The highest BCUT2D eigenvalue weighted by Crippen LogP contribution is 2.14. The summed E-state index contributed by atoms with van der Waals surface area (Å²) in [6.45, 7) is 3.57. The highest BCUT2D eigenvalue weighted by atomic mass is 16.4. The average Bonchev–Trinajstić information content (AvgIpc) is 2.16. The number of rotatable bonds is 4. The van der Waals surface area contributed by atoms with Crippen LogP contribution in [-0.2, 0) is 11.2 Å². The van der Waals surface area contributed by atoms with Crippen LogP contribution in [0.5, 0.6) is 0 Å². The maximum atomic E-state index is 10.8. The molecule has 1 rings (SSSR count). The van der Waals surface area contributed by atoms with Gasteiger partial charge in [0.25, 0.3) is 0 Å². The minimum absolute atomic E-state index is 0.452. The summed E-state index contributed by atoms with van der Waals surface area (Å²) in [6.07, 6.45) is 1.15. The molecule has 0 saturated heterocycles. The molecule has 1 aromatic carbocycles. The molecule has 0 heterocycles. The van der Waals surface area contributed by atoms with Crippen LogP contribution in [0.15, 0.2) is 24.3 Å². The Morgan fingerprint density at radius 1 is 1.47 bits per heavy atom. The third-order valence-corrected chi connectivity index (χ3v) is 2.66. The van der Waals surface area contributed by atoms with Gasteiger partial charge in [-0.15, -0.1) is 0 Å². The maximum Gasteiger partial charge on any atom is 0.323 e. The minimum atomic E-state index is -1.14. The predicted octanol–water partition coefficient (Wildman–Crippen LogP) is 1.73. The van der Waals surface area contributed by atoms with Crippen LogP contribution in [0.4, 0.5) is 0 Å². The van der Waals surface area contributed by atoms with Crippen molar-refractivity contribution < 1.29 is 9.90 Å². The van der Waals surface area contributed by atoms with E-state index in [4.69, 9.17) is 10.8 Å². The zero-order valence-electron chi connectivity index (χ0n) is 9.16. The molecule has 0 aliphatic heterocycles. The van der Waals surface area contributed by atoms with Crippen LogP contribution in [-0.4, -0.2) is 16.6 Å². The van der Waals surface area contributed by atoms with E-state index in [1.807, 2.05) is 31.2 Å². The Morgan fingerprint density at radius 2 is 2.07 bits per heavy atom. The molecule has 1 atom stereocenters. The van der Waals surface area contributed by atoms with Gasteiger partial charge >= 0.3 is 5.97 Å². The van der Waals surface area contributed by atoms with Crippen molar-refractivity contribution in [1.82, 2.24) is 0 Å². The molecule has 3 nitrogen and oxygen atoms in total. The predicted molar refractivity (Wildman–Crippen MR) is 59.7 cm³/mol. The van der Waals surface area contributed by atoms with Crippen LogP contribution < -0.4 is 5.73 Å². The first kappa shape index (κ1) is 11.7. The molecule has 0 amide bonds. The van der Waals surface area contributed by atoms with E-state index >= 15 is 0 Å². The van der Waals surface area contributed by atoms with Gasteiger partial charge < -0.3 is 10.8 Å². The van der Waals surface area contributed by atoms with Crippen molar-refractivity contribution in [3.8, 4) is 0 Å². The second-order valence-corrected chi connectivity index (χ2v) is 4.15. The SMILES string of the molecule is Cc1ccccc1CCC(C)(N)C(=O)O. The number of benzene rings is 1. The quantitative estimate of drug-likeness (QED) is 0.790. The molecule has 0 saturated carbocycles. The summed E-state index contributed by atoms with van der Waals surface area (Å²) < 4.78 is 0. The lowest BCUT2D eigenvalue weighted by Gasteiger charge is -2.19. The van der Waals surface area contributed by atoms with Crippen molar-refractivity contribution in [2.45, 2.75) is 32.2 Å². The Labute approximate surface area is 89.9 Å². The van der Waals surface area contributed by atoms with E-state index < -0.39 is 11.5 Å². The fourth-order valence-electron chi connectivity index (χ4n) is 1.39. The number of hydrogen-bond acceptors (Lipinski definition) is 2. The van der Waals surface area contributed by atoms with Gasteiger partial charge in [-0.3, -0.25) is 4.79 Å². The van der Waals surface area contributed by atoms with Crippen molar-refractivity contribution in [3.05, 3.63) is 35.4 Å². The van der Waals surface area contributed by atoms with Gasteiger partial charge in [-0.05, 0) is 37.8 Å². The number of carboxylic acids is 1. The zero-order valence-corrected chi connectivity index (χ0v) is 9.16. The average molecular weight is 207 g/mol. The fraction of sp³-hybridized carbons (Fsp3) is 0.417. The van der Waals surface area contributed by atoms with Crippen molar-refractivity contribution in [2.75, 3.05) is 0 Å². The first-order valence-electron chi connectivity index (χ1n) is 5.00. The highest BCUT2D eigenvalue weighted by Gasteiger charge is 2.27. The molecule has 3 heteroatoms. The zero-order chi connectivity index (χ0) is 11.5. The topological polar surface area (TPSA) is 63.3 Å². The number of nitrogens with two attached hydrogens (primary N) is 1. The molecule has 0 radical (unpaired) electrons. The first-order chi connectivity index (χ1) is 6.93. The van der Waals surface area contributed by atoms with E-state index in [9.17, 15) is 4.79 Å². The van der Waals surface area contributed by atoms with E-state index in [-0.39, 0.29) is 0 Å². The van der Waals surface area contributed by atoms with Gasteiger partial charge in [0.15, 0.2) is 0 Å². The standard InChI is InChI=1S/C12H17NO2/c1-9-5-3-4-6-10(9)7-8-12(2,13)11(14)15/h3-6H,7-8,13H2,1-2H3,(H,14,15). The van der Waals surface area contributed by atoms with Crippen molar-refractivity contribution in [1.29, 1.82) is 0 Å². The third-order valence-electron chi connectivity index (χ3n) is 2.66. The lowest BCUT2D eigenvalue weighted by molar-refractivity contribution is -0.142. The molecule has 0 fully saturated rings. The van der Waals surface area contributed by atoms with Gasteiger partial charge in [0.05, 0.1) is 0 Å². The van der Waals surface area contributed by atoms with Gasteiger partial charge in [0.1, 0.15) is 5.54 Å². The lowest BCUT2D eigenvalue weighted by atomic mass is 9.93. The van der Waals surface area contributed by atoms with Crippen LogP contribution in [0, 0.1) is 6.92 Å². The van der Waals surface area contributed by atoms with Crippen molar-refractivity contribution in [3.63, 3.8) is 0 Å². The Bertz CT molecular complexity index is 358. The maximum absolute atomic E-state index is 10.8. The lowest BCUT2D eigenvalue weighted by Crippen LogP contribution is -2.45. The highest BCUT2D eigenvalue weighted by molar-refractivity contribution is 5.77. The first-order valence-corrected chi connectivity index (χ1v) is 5.00.